The van der Waals surface area contributed by atoms with Crippen molar-refractivity contribution in [2.24, 2.45) is 5.92 Å². The fourth-order valence-electron chi connectivity index (χ4n) is 2.85. The number of piperidine rings is 1. The molecule has 0 saturated carbocycles. The van der Waals surface area contributed by atoms with Crippen molar-refractivity contribution >= 4 is 0 Å². The van der Waals surface area contributed by atoms with Gasteiger partial charge in [0.25, 0.3) is 0 Å². The summed E-state index contributed by atoms with van der Waals surface area (Å²) in [5, 5.41) is 17.0. The summed E-state index contributed by atoms with van der Waals surface area (Å²) in [4.78, 5) is 2.59. The second-order valence-electron chi connectivity index (χ2n) is 5.61. The van der Waals surface area contributed by atoms with E-state index < -0.39 is 0 Å². The van der Waals surface area contributed by atoms with Crippen molar-refractivity contribution in [3.05, 3.63) is 11.9 Å². The average Bonchev–Trinajstić information content (AvgIpc) is 2.87. The number of unbranched alkanes of at least 4 members (excludes halogenated alkanes) is 2. The van der Waals surface area contributed by atoms with Gasteiger partial charge in [0.1, 0.15) is 5.69 Å². The van der Waals surface area contributed by atoms with E-state index in [0.29, 0.717) is 11.6 Å². The molecule has 0 aromatic carbocycles. The minimum absolute atomic E-state index is 0.0200. The van der Waals surface area contributed by atoms with Gasteiger partial charge in [0.15, 0.2) is 0 Å². The second-order valence-corrected chi connectivity index (χ2v) is 5.61. The summed E-state index contributed by atoms with van der Waals surface area (Å²) in [6.45, 7) is 6.83. The van der Waals surface area contributed by atoms with Gasteiger partial charge in [0.05, 0.1) is 12.8 Å². The largest absolute Gasteiger partial charge is 0.390 e. The molecule has 5 heteroatoms. The van der Waals surface area contributed by atoms with Crippen LogP contribution in [-0.2, 0) is 13.2 Å². The predicted octanol–water partition coefficient (Wildman–Crippen LogP) is 1.67. The van der Waals surface area contributed by atoms with E-state index in [2.05, 4.69) is 22.1 Å². The van der Waals surface area contributed by atoms with Crippen molar-refractivity contribution in [2.45, 2.75) is 52.2 Å². The average molecular weight is 266 g/mol. The zero-order chi connectivity index (χ0) is 13.5. The van der Waals surface area contributed by atoms with Crippen LogP contribution in [0.25, 0.3) is 0 Å². The molecule has 1 aromatic rings. The molecule has 0 radical (unpaired) electrons. The van der Waals surface area contributed by atoms with Crippen LogP contribution in [0.2, 0.25) is 0 Å². The van der Waals surface area contributed by atoms with Crippen molar-refractivity contribution in [1.82, 2.24) is 19.9 Å². The molecule has 5 nitrogen and oxygen atoms in total. The molecule has 0 spiro atoms. The quantitative estimate of drug-likeness (QED) is 0.763. The first-order valence-electron chi connectivity index (χ1n) is 7.54. The highest BCUT2D eigenvalue weighted by Crippen LogP contribution is 2.18. The summed E-state index contributed by atoms with van der Waals surface area (Å²) < 4.78 is 1.88. The van der Waals surface area contributed by atoms with E-state index in [1.165, 1.54) is 51.7 Å². The van der Waals surface area contributed by atoms with Gasteiger partial charge in [0.2, 0.25) is 0 Å². The minimum Gasteiger partial charge on any atom is -0.390 e. The van der Waals surface area contributed by atoms with Crippen molar-refractivity contribution in [3.8, 4) is 0 Å². The Morgan fingerprint density at radius 1 is 1.42 bits per heavy atom. The smallest absolute Gasteiger partial charge is 0.108 e. The van der Waals surface area contributed by atoms with E-state index in [0.717, 1.165) is 6.54 Å². The molecule has 108 valence electrons. The fourth-order valence-corrected chi connectivity index (χ4v) is 2.85. The zero-order valence-corrected chi connectivity index (χ0v) is 12.0. The maximum atomic E-state index is 9.00. The normalized spacial score (nSPS) is 20.8. The molecule has 2 heterocycles. The van der Waals surface area contributed by atoms with Crippen LogP contribution in [0.4, 0.5) is 0 Å². The topological polar surface area (TPSA) is 54.2 Å². The van der Waals surface area contributed by atoms with Crippen LogP contribution in [0.1, 0.15) is 44.7 Å². The lowest BCUT2D eigenvalue weighted by Gasteiger charge is -2.32. The summed E-state index contributed by atoms with van der Waals surface area (Å²) >= 11 is 0. The van der Waals surface area contributed by atoms with Gasteiger partial charge in [-0.3, -0.25) is 4.68 Å². The van der Waals surface area contributed by atoms with Crippen LogP contribution in [0.15, 0.2) is 6.20 Å². The Kier molecular flexibility index (Phi) is 5.79. The van der Waals surface area contributed by atoms with E-state index in [4.69, 9.17) is 5.11 Å². The van der Waals surface area contributed by atoms with E-state index in [1.807, 2.05) is 10.9 Å². The van der Waals surface area contributed by atoms with E-state index in [1.54, 1.807) is 0 Å². The first kappa shape index (κ1) is 14.5. The third kappa shape index (κ3) is 4.58. The van der Waals surface area contributed by atoms with Gasteiger partial charge in [-0.1, -0.05) is 25.0 Å². The molecule has 0 aliphatic carbocycles. The number of aromatic nitrogens is 3. The first-order valence-corrected chi connectivity index (χ1v) is 7.54. The Bertz CT molecular complexity index is 366. The lowest BCUT2D eigenvalue weighted by Crippen LogP contribution is -2.37. The molecule has 1 N–H and O–H groups in total. The Morgan fingerprint density at radius 2 is 2.32 bits per heavy atom. The molecule has 1 aliphatic heterocycles. The Hall–Kier alpha value is -0.940. The Labute approximate surface area is 115 Å². The van der Waals surface area contributed by atoms with Crippen LogP contribution >= 0.6 is 0 Å². The molecule has 1 fully saturated rings. The number of hydrogen-bond donors (Lipinski definition) is 1. The number of aliphatic hydroxyl groups excluding tert-OH is 1. The van der Waals surface area contributed by atoms with Crippen LogP contribution in [0.3, 0.4) is 0 Å². The number of nitrogens with zero attached hydrogens (tertiary/aromatic N) is 4. The number of aliphatic hydroxyl groups is 1. The number of likely N-dealkylation sites (tertiary alicyclic amines) is 1. The van der Waals surface area contributed by atoms with E-state index in [-0.39, 0.29) is 6.61 Å². The minimum atomic E-state index is -0.0200. The molecular formula is C14H26N4O. The van der Waals surface area contributed by atoms with Crippen LogP contribution in [0, 0.1) is 5.92 Å². The zero-order valence-electron chi connectivity index (χ0n) is 12.0. The van der Waals surface area contributed by atoms with Crippen molar-refractivity contribution in [1.29, 1.82) is 0 Å². The van der Waals surface area contributed by atoms with E-state index in [9.17, 15) is 0 Å². The van der Waals surface area contributed by atoms with Gasteiger partial charge < -0.3 is 10.0 Å². The molecule has 2 rings (SSSR count). The molecular weight excluding hydrogens is 240 g/mol. The summed E-state index contributed by atoms with van der Waals surface area (Å²) in [6, 6.07) is 0. The highest BCUT2D eigenvalue weighted by atomic mass is 16.3. The fraction of sp³-hybridized carbons (Fsp3) is 0.857. The lowest BCUT2D eigenvalue weighted by atomic mass is 9.98. The van der Waals surface area contributed by atoms with Gasteiger partial charge in [0, 0.05) is 13.1 Å². The Balaban J connectivity index is 1.77. The number of rotatable bonds is 7. The maximum absolute atomic E-state index is 9.00. The summed E-state index contributed by atoms with van der Waals surface area (Å²) in [5.74, 6) is 0.670. The third-order valence-corrected chi connectivity index (χ3v) is 3.87. The lowest BCUT2D eigenvalue weighted by molar-refractivity contribution is 0.157. The summed E-state index contributed by atoms with van der Waals surface area (Å²) in [6.07, 6.45) is 8.37. The van der Waals surface area contributed by atoms with Gasteiger partial charge in [-0.2, -0.15) is 0 Å². The van der Waals surface area contributed by atoms with E-state index >= 15 is 0 Å². The van der Waals surface area contributed by atoms with Crippen LogP contribution in [-0.4, -0.2) is 44.6 Å². The van der Waals surface area contributed by atoms with Crippen LogP contribution < -0.4 is 0 Å². The molecule has 0 unspecified atom stereocenters. The van der Waals surface area contributed by atoms with Crippen molar-refractivity contribution in [2.75, 3.05) is 19.6 Å². The third-order valence-electron chi connectivity index (χ3n) is 3.87. The molecule has 1 aromatic heterocycles. The van der Waals surface area contributed by atoms with Gasteiger partial charge >= 0.3 is 0 Å². The van der Waals surface area contributed by atoms with Crippen LogP contribution in [0.5, 0.6) is 0 Å². The van der Waals surface area contributed by atoms with Gasteiger partial charge in [-0.05, 0) is 38.3 Å². The van der Waals surface area contributed by atoms with Gasteiger partial charge in [-0.15, -0.1) is 5.10 Å². The predicted molar refractivity (Wildman–Crippen MR) is 74.6 cm³/mol. The second kappa shape index (κ2) is 7.60. The molecule has 19 heavy (non-hydrogen) atoms. The SMILES string of the molecule is CCCCCN1CCC[C@@H](Cn2cc(CO)nn2)C1. The molecule has 1 atom stereocenters. The van der Waals surface area contributed by atoms with Crippen molar-refractivity contribution in [3.63, 3.8) is 0 Å². The standard InChI is InChI=1S/C14H26N4O/c1-2-3-4-7-17-8-5-6-13(9-17)10-18-11-14(12-19)15-16-18/h11,13,19H,2-10,12H2,1H3/t13-/m1/s1. The summed E-state index contributed by atoms with van der Waals surface area (Å²) in [5.41, 5.74) is 0.663. The number of hydrogen-bond acceptors (Lipinski definition) is 4. The highest BCUT2D eigenvalue weighted by molar-refractivity contribution is 4.89. The molecule has 0 bridgehead atoms. The molecule has 0 amide bonds. The summed E-state index contributed by atoms with van der Waals surface area (Å²) in [7, 11) is 0. The molecule has 1 aliphatic rings. The van der Waals surface area contributed by atoms with Gasteiger partial charge in [-0.25, -0.2) is 0 Å². The Morgan fingerprint density at radius 3 is 3.05 bits per heavy atom. The first-order chi connectivity index (χ1) is 9.31. The molecule has 1 saturated heterocycles. The monoisotopic (exact) mass is 266 g/mol. The van der Waals surface area contributed by atoms with Crippen molar-refractivity contribution < 1.29 is 5.11 Å². The maximum Gasteiger partial charge on any atom is 0.108 e. The highest BCUT2D eigenvalue weighted by Gasteiger charge is 2.20.